The lowest BCUT2D eigenvalue weighted by molar-refractivity contribution is 0.495. The van der Waals surface area contributed by atoms with Crippen molar-refractivity contribution in [1.29, 1.82) is 0 Å². The molecule has 0 bridgehead atoms. The van der Waals surface area contributed by atoms with Gasteiger partial charge in [-0.3, -0.25) is 4.68 Å². The van der Waals surface area contributed by atoms with E-state index in [4.69, 9.17) is 4.42 Å². The lowest BCUT2D eigenvalue weighted by Gasteiger charge is -2.14. The van der Waals surface area contributed by atoms with Gasteiger partial charge < -0.3 is 9.73 Å². The molecule has 0 spiro atoms. The van der Waals surface area contributed by atoms with E-state index in [2.05, 4.69) is 27.3 Å². The molecule has 0 fully saturated rings. The Morgan fingerprint density at radius 1 is 1.40 bits per heavy atom. The van der Waals surface area contributed by atoms with E-state index in [0.717, 1.165) is 35.5 Å². The van der Waals surface area contributed by atoms with Crippen molar-refractivity contribution in [3.63, 3.8) is 0 Å². The quantitative estimate of drug-likeness (QED) is 0.771. The Bertz CT molecular complexity index is 689. The van der Waals surface area contributed by atoms with Gasteiger partial charge in [0, 0.05) is 19.5 Å². The number of rotatable bonds is 5. The van der Waals surface area contributed by atoms with Crippen LogP contribution in [0.5, 0.6) is 0 Å². The number of furan rings is 1. The molecular weight excluding hydrogens is 254 g/mol. The van der Waals surface area contributed by atoms with E-state index in [9.17, 15) is 0 Å². The van der Waals surface area contributed by atoms with Crippen LogP contribution >= 0.6 is 0 Å². The lowest BCUT2D eigenvalue weighted by Crippen LogP contribution is -2.17. The van der Waals surface area contributed by atoms with Crippen LogP contribution in [0.3, 0.4) is 0 Å². The summed E-state index contributed by atoms with van der Waals surface area (Å²) in [4.78, 5) is 8.54. The Hall–Kier alpha value is -2.37. The second-order valence-corrected chi connectivity index (χ2v) is 4.89. The molecule has 0 amide bonds. The van der Waals surface area contributed by atoms with Gasteiger partial charge in [0.05, 0.1) is 17.8 Å². The van der Waals surface area contributed by atoms with Crippen molar-refractivity contribution in [2.45, 2.75) is 25.8 Å². The van der Waals surface area contributed by atoms with Crippen molar-refractivity contribution in [2.24, 2.45) is 7.05 Å². The summed E-state index contributed by atoms with van der Waals surface area (Å²) in [6.07, 6.45) is 6.93. The van der Waals surface area contributed by atoms with Crippen LogP contribution in [0, 0.1) is 0 Å². The number of nitrogens with one attached hydrogen (secondary N) is 1. The highest BCUT2D eigenvalue weighted by Crippen LogP contribution is 2.19. The van der Waals surface area contributed by atoms with E-state index in [-0.39, 0.29) is 0 Å². The fourth-order valence-corrected chi connectivity index (χ4v) is 2.20. The van der Waals surface area contributed by atoms with E-state index in [1.807, 2.05) is 19.2 Å². The summed E-state index contributed by atoms with van der Waals surface area (Å²) in [6.45, 7) is 2.13. The van der Waals surface area contributed by atoms with E-state index in [0.29, 0.717) is 6.04 Å². The maximum Gasteiger partial charge on any atom is 0.163 e. The Morgan fingerprint density at radius 3 is 3.10 bits per heavy atom. The first-order chi connectivity index (χ1) is 9.74. The first kappa shape index (κ1) is 12.7. The van der Waals surface area contributed by atoms with E-state index in [1.165, 1.54) is 0 Å². The van der Waals surface area contributed by atoms with E-state index >= 15 is 0 Å². The van der Waals surface area contributed by atoms with Gasteiger partial charge >= 0.3 is 0 Å². The van der Waals surface area contributed by atoms with Crippen LogP contribution < -0.4 is 5.32 Å². The van der Waals surface area contributed by atoms with Crippen LogP contribution in [0.4, 0.5) is 5.82 Å². The minimum atomic E-state index is 0.290. The molecule has 6 heteroatoms. The minimum absolute atomic E-state index is 0.290. The Kier molecular flexibility index (Phi) is 3.37. The summed E-state index contributed by atoms with van der Waals surface area (Å²) in [5, 5.41) is 8.57. The summed E-state index contributed by atoms with van der Waals surface area (Å²) in [5.74, 6) is 1.84. The van der Waals surface area contributed by atoms with Gasteiger partial charge in [0.2, 0.25) is 0 Å². The Balaban J connectivity index is 1.69. The number of aromatic nitrogens is 4. The van der Waals surface area contributed by atoms with Crippen molar-refractivity contribution in [3.05, 3.63) is 36.7 Å². The molecule has 3 heterocycles. The number of nitrogens with zero attached hydrogens (tertiary/aromatic N) is 4. The Morgan fingerprint density at radius 2 is 2.30 bits per heavy atom. The predicted molar refractivity (Wildman–Crippen MR) is 76.4 cm³/mol. The first-order valence-electron chi connectivity index (χ1n) is 6.65. The van der Waals surface area contributed by atoms with Crippen LogP contribution in [-0.4, -0.2) is 25.8 Å². The zero-order chi connectivity index (χ0) is 13.9. The standard InChI is InChI=1S/C14H17N5O/c1-10(5-6-11-4-3-7-20-11)18-13-12-8-17-19(2)14(12)16-9-15-13/h3-4,7-10H,5-6H2,1-2H3,(H,15,16,18). The second-order valence-electron chi connectivity index (χ2n) is 4.89. The highest BCUT2D eigenvalue weighted by molar-refractivity contribution is 5.86. The molecule has 104 valence electrons. The zero-order valence-corrected chi connectivity index (χ0v) is 11.6. The summed E-state index contributed by atoms with van der Waals surface area (Å²) in [6, 6.07) is 4.20. The van der Waals surface area contributed by atoms with Gasteiger partial charge in [-0.2, -0.15) is 5.10 Å². The summed E-state index contributed by atoms with van der Waals surface area (Å²) in [5.41, 5.74) is 0.834. The summed E-state index contributed by atoms with van der Waals surface area (Å²) in [7, 11) is 1.87. The van der Waals surface area contributed by atoms with Crippen molar-refractivity contribution in [2.75, 3.05) is 5.32 Å². The highest BCUT2D eigenvalue weighted by atomic mass is 16.3. The van der Waals surface area contributed by atoms with Gasteiger partial charge in [-0.1, -0.05) is 0 Å². The molecule has 0 aliphatic rings. The SMILES string of the molecule is CC(CCc1ccco1)Nc1ncnc2c1cnn2C. The number of anilines is 1. The molecule has 0 saturated carbocycles. The molecule has 0 aliphatic heterocycles. The average Bonchev–Trinajstić information content (AvgIpc) is 3.08. The first-order valence-corrected chi connectivity index (χ1v) is 6.65. The molecule has 20 heavy (non-hydrogen) atoms. The monoisotopic (exact) mass is 271 g/mol. The van der Waals surface area contributed by atoms with Gasteiger partial charge in [-0.25, -0.2) is 9.97 Å². The molecule has 0 aromatic carbocycles. The number of fused-ring (bicyclic) bond motifs is 1. The maximum atomic E-state index is 5.34. The van der Waals surface area contributed by atoms with Crippen LogP contribution in [0.1, 0.15) is 19.1 Å². The van der Waals surface area contributed by atoms with Crippen molar-refractivity contribution in [3.8, 4) is 0 Å². The average molecular weight is 271 g/mol. The van der Waals surface area contributed by atoms with Crippen LogP contribution in [0.25, 0.3) is 11.0 Å². The molecule has 1 unspecified atom stereocenters. The summed E-state index contributed by atoms with van der Waals surface area (Å²) >= 11 is 0. The molecule has 1 atom stereocenters. The molecule has 3 aromatic rings. The van der Waals surface area contributed by atoms with E-state index in [1.54, 1.807) is 23.5 Å². The third-order valence-corrected chi connectivity index (χ3v) is 3.32. The van der Waals surface area contributed by atoms with Gasteiger partial charge in [0.25, 0.3) is 0 Å². The molecule has 0 radical (unpaired) electrons. The number of hydrogen-bond acceptors (Lipinski definition) is 5. The Labute approximate surface area is 116 Å². The highest BCUT2D eigenvalue weighted by Gasteiger charge is 2.10. The number of hydrogen-bond donors (Lipinski definition) is 1. The van der Waals surface area contributed by atoms with Gasteiger partial charge in [0.1, 0.15) is 17.9 Å². The minimum Gasteiger partial charge on any atom is -0.469 e. The van der Waals surface area contributed by atoms with Gasteiger partial charge in [-0.05, 0) is 25.5 Å². The molecule has 3 aromatic heterocycles. The number of aryl methyl sites for hydroxylation is 2. The molecular formula is C14H17N5O. The maximum absolute atomic E-state index is 5.34. The fourth-order valence-electron chi connectivity index (χ4n) is 2.20. The molecule has 1 N–H and O–H groups in total. The topological polar surface area (TPSA) is 68.8 Å². The van der Waals surface area contributed by atoms with Crippen LogP contribution in [-0.2, 0) is 13.5 Å². The molecule has 3 rings (SSSR count). The second kappa shape index (κ2) is 5.32. The molecule has 0 aliphatic carbocycles. The van der Waals surface area contributed by atoms with E-state index < -0.39 is 0 Å². The smallest absolute Gasteiger partial charge is 0.163 e. The zero-order valence-electron chi connectivity index (χ0n) is 11.6. The lowest BCUT2D eigenvalue weighted by atomic mass is 10.1. The largest absolute Gasteiger partial charge is 0.469 e. The summed E-state index contributed by atoms with van der Waals surface area (Å²) < 4.78 is 7.09. The van der Waals surface area contributed by atoms with Crippen molar-refractivity contribution >= 4 is 16.9 Å². The fraction of sp³-hybridized carbons (Fsp3) is 0.357. The van der Waals surface area contributed by atoms with Gasteiger partial charge in [0.15, 0.2) is 5.65 Å². The molecule has 6 nitrogen and oxygen atoms in total. The van der Waals surface area contributed by atoms with Gasteiger partial charge in [-0.15, -0.1) is 0 Å². The molecule has 0 saturated heterocycles. The van der Waals surface area contributed by atoms with Crippen molar-refractivity contribution < 1.29 is 4.42 Å². The third-order valence-electron chi connectivity index (χ3n) is 3.32. The van der Waals surface area contributed by atoms with Crippen LogP contribution in [0.15, 0.2) is 35.3 Å². The van der Waals surface area contributed by atoms with Crippen molar-refractivity contribution in [1.82, 2.24) is 19.7 Å². The third kappa shape index (κ3) is 2.49. The van der Waals surface area contributed by atoms with Crippen LogP contribution in [0.2, 0.25) is 0 Å². The predicted octanol–water partition coefficient (Wildman–Crippen LogP) is 2.39. The normalized spacial score (nSPS) is 12.7.